The summed E-state index contributed by atoms with van der Waals surface area (Å²) in [4.78, 5) is 12.0. The van der Waals surface area contributed by atoms with Crippen molar-refractivity contribution in [3.8, 4) is 0 Å². The van der Waals surface area contributed by atoms with Crippen molar-refractivity contribution < 1.29 is 9.18 Å². The molecule has 0 aliphatic heterocycles. The van der Waals surface area contributed by atoms with Crippen LogP contribution in [0.15, 0.2) is 22.7 Å². The van der Waals surface area contributed by atoms with Gasteiger partial charge in [-0.3, -0.25) is 4.79 Å². The topological polar surface area (TPSA) is 17.1 Å². The summed E-state index contributed by atoms with van der Waals surface area (Å²) in [6.07, 6.45) is 3.11. The number of carbonyl (C=O) groups excluding carboxylic acids is 1. The van der Waals surface area contributed by atoms with Crippen LogP contribution in [0, 0.1) is 23.6 Å². The number of benzene rings is 1. The Morgan fingerprint density at radius 1 is 1.42 bits per heavy atom. The fourth-order valence-electron chi connectivity index (χ4n) is 2.90. The summed E-state index contributed by atoms with van der Waals surface area (Å²) in [5.41, 5.74) is 0.658. The molecule has 0 N–H and O–H groups in total. The Morgan fingerprint density at radius 3 is 2.79 bits per heavy atom. The van der Waals surface area contributed by atoms with E-state index >= 15 is 0 Å². The third-order valence-electron chi connectivity index (χ3n) is 4.23. The summed E-state index contributed by atoms with van der Waals surface area (Å²) >= 11 is 3.26. The van der Waals surface area contributed by atoms with Crippen LogP contribution >= 0.6 is 15.9 Å². The molecule has 0 spiro atoms. The number of hydrogen-bond donors (Lipinski definition) is 0. The minimum atomic E-state index is -0.214. The first-order valence-electron chi connectivity index (χ1n) is 6.94. The molecule has 1 aromatic carbocycles. The summed E-state index contributed by atoms with van der Waals surface area (Å²) in [7, 11) is 0. The fraction of sp³-hybridized carbons (Fsp3) is 0.562. The monoisotopic (exact) mass is 326 g/mol. The molecule has 0 radical (unpaired) electrons. The smallest absolute Gasteiger partial charge is 0.136 e. The molecule has 0 saturated heterocycles. The molecule has 0 heterocycles. The van der Waals surface area contributed by atoms with E-state index in [2.05, 4.69) is 29.8 Å². The summed E-state index contributed by atoms with van der Waals surface area (Å²) < 4.78 is 14.6. The van der Waals surface area contributed by atoms with Gasteiger partial charge in [0.15, 0.2) is 0 Å². The molecule has 104 valence electrons. The maximum absolute atomic E-state index is 13.8. The molecule has 0 aromatic heterocycles. The molecule has 1 aromatic rings. The summed E-state index contributed by atoms with van der Waals surface area (Å²) in [6, 6.07) is 5.10. The third kappa shape index (κ3) is 3.65. The van der Waals surface area contributed by atoms with E-state index in [9.17, 15) is 9.18 Å². The molecule has 19 heavy (non-hydrogen) atoms. The van der Waals surface area contributed by atoms with Crippen molar-refractivity contribution in [2.45, 2.75) is 39.5 Å². The van der Waals surface area contributed by atoms with Gasteiger partial charge in [0, 0.05) is 16.8 Å². The first-order valence-corrected chi connectivity index (χ1v) is 7.73. The highest BCUT2D eigenvalue weighted by Crippen LogP contribution is 2.34. The van der Waals surface area contributed by atoms with Gasteiger partial charge in [0.2, 0.25) is 0 Å². The molecule has 1 nitrogen and oxygen atoms in total. The molecule has 1 aliphatic carbocycles. The zero-order valence-electron chi connectivity index (χ0n) is 11.5. The lowest BCUT2D eigenvalue weighted by atomic mass is 9.73. The van der Waals surface area contributed by atoms with Gasteiger partial charge in [-0.05, 0) is 48.8 Å². The number of hydrogen-bond acceptors (Lipinski definition) is 1. The van der Waals surface area contributed by atoms with Crippen molar-refractivity contribution >= 4 is 21.7 Å². The minimum Gasteiger partial charge on any atom is -0.299 e. The molecule has 1 aliphatic rings. The van der Waals surface area contributed by atoms with E-state index in [0.717, 1.165) is 17.3 Å². The standard InChI is InChI=1S/C16H20BrFO/c1-10(2)11-4-6-16(19)13(7-11)8-12-3-5-14(17)9-15(12)18/h3,5,9-11,13H,4,6-8H2,1-2H3. The van der Waals surface area contributed by atoms with Gasteiger partial charge in [-0.25, -0.2) is 4.39 Å². The quantitative estimate of drug-likeness (QED) is 0.781. The number of rotatable bonds is 3. The van der Waals surface area contributed by atoms with Crippen LogP contribution < -0.4 is 0 Å². The van der Waals surface area contributed by atoms with Crippen molar-refractivity contribution in [3.63, 3.8) is 0 Å². The lowest BCUT2D eigenvalue weighted by Crippen LogP contribution is -2.29. The van der Waals surface area contributed by atoms with Gasteiger partial charge in [0.25, 0.3) is 0 Å². The van der Waals surface area contributed by atoms with E-state index in [-0.39, 0.29) is 11.7 Å². The van der Waals surface area contributed by atoms with Gasteiger partial charge in [-0.1, -0.05) is 35.8 Å². The second kappa shape index (κ2) is 6.17. The maximum atomic E-state index is 13.8. The van der Waals surface area contributed by atoms with Gasteiger partial charge < -0.3 is 0 Å². The minimum absolute atomic E-state index is 0.00294. The van der Waals surface area contributed by atoms with Crippen LogP contribution in [0.1, 0.15) is 38.7 Å². The largest absolute Gasteiger partial charge is 0.299 e. The molecule has 1 saturated carbocycles. The van der Waals surface area contributed by atoms with E-state index in [1.807, 2.05) is 6.07 Å². The maximum Gasteiger partial charge on any atom is 0.136 e. The Bertz CT molecular complexity index is 470. The molecular formula is C16H20BrFO. The lowest BCUT2D eigenvalue weighted by molar-refractivity contribution is -0.125. The van der Waals surface area contributed by atoms with Gasteiger partial charge in [0.1, 0.15) is 11.6 Å². The highest BCUT2D eigenvalue weighted by molar-refractivity contribution is 9.10. The van der Waals surface area contributed by atoms with Crippen LogP contribution in [-0.2, 0) is 11.2 Å². The Hall–Kier alpha value is -0.700. The van der Waals surface area contributed by atoms with Gasteiger partial charge in [0.05, 0.1) is 0 Å². The first-order chi connectivity index (χ1) is 8.97. The Labute approximate surface area is 122 Å². The van der Waals surface area contributed by atoms with Crippen LogP contribution in [0.3, 0.4) is 0 Å². The third-order valence-corrected chi connectivity index (χ3v) is 4.72. The highest BCUT2D eigenvalue weighted by Gasteiger charge is 2.30. The van der Waals surface area contributed by atoms with Crippen LogP contribution in [-0.4, -0.2) is 5.78 Å². The normalized spacial score (nSPS) is 23.9. The summed E-state index contributed by atoms with van der Waals surface area (Å²) in [5.74, 6) is 1.29. The molecule has 2 unspecified atom stereocenters. The second-order valence-electron chi connectivity index (χ2n) is 5.88. The van der Waals surface area contributed by atoms with Crippen molar-refractivity contribution in [1.29, 1.82) is 0 Å². The molecule has 1 fully saturated rings. The molecule has 2 rings (SSSR count). The van der Waals surface area contributed by atoms with Crippen LogP contribution in [0.5, 0.6) is 0 Å². The highest BCUT2D eigenvalue weighted by atomic mass is 79.9. The zero-order valence-corrected chi connectivity index (χ0v) is 13.0. The zero-order chi connectivity index (χ0) is 14.0. The summed E-state index contributed by atoms with van der Waals surface area (Å²) in [5, 5.41) is 0. The van der Waals surface area contributed by atoms with Crippen LogP contribution in [0.25, 0.3) is 0 Å². The molecular weight excluding hydrogens is 307 g/mol. The van der Waals surface area contributed by atoms with Gasteiger partial charge in [-0.2, -0.15) is 0 Å². The van der Waals surface area contributed by atoms with Gasteiger partial charge in [-0.15, -0.1) is 0 Å². The van der Waals surface area contributed by atoms with E-state index in [0.29, 0.717) is 36.0 Å². The predicted molar refractivity (Wildman–Crippen MR) is 78.5 cm³/mol. The molecule has 3 heteroatoms. The van der Waals surface area contributed by atoms with E-state index in [1.165, 1.54) is 6.07 Å². The molecule has 2 atom stereocenters. The van der Waals surface area contributed by atoms with Crippen molar-refractivity contribution in [2.75, 3.05) is 0 Å². The average Bonchev–Trinajstić information content (AvgIpc) is 2.34. The lowest BCUT2D eigenvalue weighted by Gasteiger charge is -2.30. The van der Waals surface area contributed by atoms with Crippen LogP contribution in [0.4, 0.5) is 4.39 Å². The Kier molecular flexibility index (Phi) is 4.77. The Morgan fingerprint density at radius 2 is 2.16 bits per heavy atom. The van der Waals surface area contributed by atoms with Crippen LogP contribution in [0.2, 0.25) is 0 Å². The summed E-state index contributed by atoms with van der Waals surface area (Å²) in [6.45, 7) is 4.41. The molecule has 0 amide bonds. The number of Topliss-reactive ketones (excluding diaryl/α,β-unsaturated/α-hetero) is 1. The van der Waals surface area contributed by atoms with E-state index < -0.39 is 0 Å². The average molecular weight is 327 g/mol. The Balaban J connectivity index is 2.10. The number of ketones is 1. The van der Waals surface area contributed by atoms with Crippen molar-refractivity contribution in [3.05, 3.63) is 34.1 Å². The van der Waals surface area contributed by atoms with E-state index in [4.69, 9.17) is 0 Å². The van der Waals surface area contributed by atoms with Crippen molar-refractivity contribution in [1.82, 2.24) is 0 Å². The van der Waals surface area contributed by atoms with Crippen molar-refractivity contribution in [2.24, 2.45) is 17.8 Å². The SMILES string of the molecule is CC(C)C1CCC(=O)C(Cc2ccc(Br)cc2F)C1. The fourth-order valence-corrected chi connectivity index (χ4v) is 3.24. The number of halogens is 2. The van der Waals surface area contributed by atoms with Gasteiger partial charge >= 0.3 is 0 Å². The van der Waals surface area contributed by atoms with E-state index in [1.54, 1.807) is 6.07 Å². The predicted octanol–water partition coefficient (Wildman–Crippen LogP) is 4.77. The first kappa shape index (κ1) is 14.7. The second-order valence-corrected chi connectivity index (χ2v) is 6.80. The molecule has 0 bridgehead atoms. The number of carbonyl (C=O) groups is 1.